The third-order valence-electron chi connectivity index (χ3n) is 5.36. The SMILES string of the molecule is CN=C(NCCc1cccc(C(=O)NC)c1)NCC1(C(=O)N(C)C)CCCC1. The fourth-order valence-electron chi connectivity index (χ4n) is 3.80. The minimum Gasteiger partial charge on any atom is -0.356 e. The zero-order valence-electron chi connectivity index (χ0n) is 17.5. The fourth-order valence-corrected chi connectivity index (χ4v) is 3.80. The van der Waals surface area contributed by atoms with Crippen molar-refractivity contribution in [2.75, 3.05) is 41.3 Å². The highest BCUT2D eigenvalue weighted by atomic mass is 16.2. The molecule has 3 N–H and O–H groups in total. The van der Waals surface area contributed by atoms with Crippen molar-refractivity contribution in [1.29, 1.82) is 0 Å². The van der Waals surface area contributed by atoms with Gasteiger partial charge in [-0.25, -0.2) is 0 Å². The van der Waals surface area contributed by atoms with Gasteiger partial charge in [-0.15, -0.1) is 0 Å². The number of nitrogens with zero attached hydrogens (tertiary/aromatic N) is 2. The molecule has 0 aliphatic heterocycles. The largest absolute Gasteiger partial charge is 0.356 e. The van der Waals surface area contributed by atoms with E-state index < -0.39 is 0 Å². The minimum atomic E-state index is -0.330. The molecule has 1 aromatic rings. The topological polar surface area (TPSA) is 85.8 Å². The fraction of sp³-hybridized carbons (Fsp3) is 0.571. The Balaban J connectivity index is 1.88. The highest BCUT2D eigenvalue weighted by molar-refractivity contribution is 5.94. The van der Waals surface area contributed by atoms with Crippen LogP contribution in [0.4, 0.5) is 0 Å². The van der Waals surface area contributed by atoms with Gasteiger partial charge < -0.3 is 20.9 Å². The van der Waals surface area contributed by atoms with E-state index in [1.54, 1.807) is 25.1 Å². The highest BCUT2D eigenvalue weighted by Crippen LogP contribution is 2.38. The predicted molar refractivity (Wildman–Crippen MR) is 112 cm³/mol. The van der Waals surface area contributed by atoms with Crippen LogP contribution in [0, 0.1) is 5.41 Å². The molecule has 7 nitrogen and oxygen atoms in total. The normalized spacial score (nSPS) is 15.8. The molecule has 28 heavy (non-hydrogen) atoms. The van der Waals surface area contributed by atoms with Gasteiger partial charge in [-0.2, -0.15) is 0 Å². The Labute approximate surface area is 168 Å². The zero-order valence-corrected chi connectivity index (χ0v) is 17.5. The molecule has 2 amide bonds. The quantitative estimate of drug-likeness (QED) is 0.488. The molecule has 1 saturated carbocycles. The average molecular weight is 388 g/mol. The van der Waals surface area contributed by atoms with Crippen molar-refractivity contribution < 1.29 is 9.59 Å². The molecular formula is C21H33N5O2. The number of rotatable bonds is 7. The Bertz CT molecular complexity index is 709. The smallest absolute Gasteiger partial charge is 0.251 e. The molecule has 0 saturated heterocycles. The molecule has 0 bridgehead atoms. The molecule has 154 valence electrons. The summed E-state index contributed by atoms with van der Waals surface area (Å²) in [5.74, 6) is 0.805. The third-order valence-corrected chi connectivity index (χ3v) is 5.36. The summed E-state index contributed by atoms with van der Waals surface area (Å²) in [5, 5.41) is 9.28. The van der Waals surface area contributed by atoms with Gasteiger partial charge in [0.2, 0.25) is 5.91 Å². The van der Waals surface area contributed by atoms with Crippen LogP contribution < -0.4 is 16.0 Å². The van der Waals surface area contributed by atoms with Gasteiger partial charge in [-0.05, 0) is 37.0 Å². The number of benzene rings is 1. The lowest BCUT2D eigenvalue weighted by atomic mass is 9.84. The number of carbonyl (C=O) groups excluding carboxylic acids is 2. The van der Waals surface area contributed by atoms with E-state index in [-0.39, 0.29) is 17.2 Å². The van der Waals surface area contributed by atoms with Crippen LogP contribution in [0.2, 0.25) is 0 Å². The molecular weight excluding hydrogens is 354 g/mol. The number of aliphatic imine (C=N–C) groups is 1. The number of guanidine groups is 1. The second kappa shape index (κ2) is 10.1. The molecule has 0 atom stereocenters. The van der Waals surface area contributed by atoms with Gasteiger partial charge in [0.05, 0.1) is 5.41 Å². The van der Waals surface area contributed by atoms with Crippen LogP contribution in [0.5, 0.6) is 0 Å². The van der Waals surface area contributed by atoms with Crippen molar-refractivity contribution in [1.82, 2.24) is 20.9 Å². The molecule has 0 heterocycles. The number of carbonyl (C=O) groups is 2. The average Bonchev–Trinajstić information content (AvgIpc) is 3.19. The van der Waals surface area contributed by atoms with E-state index in [9.17, 15) is 9.59 Å². The van der Waals surface area contributed by atoms with E-state index in [0.29, 0.717) is 24.6 Å². The van der Waals surface area contributed by atoms with Gasteiger partial charge in [0.15, 0.2) is 5.96 Å². The number of hydrogen-bond acceptors (Lipinski definition) is 3. The molecule has 0 aromatic heterocycles. The van der Waals surface area contributed by atoms with Crippen molar-refractivity contribution in [3.63, 3.8) is 0 Å². The summed E-state index contributed by atoms with van der Waals surface area (Å²) < 4.78 is 0. The first-order valence-corrected chi connectivity index (χ1v) is 9.89. The van der Waals surface area contributed by atoms with Crippen LogP contribution in [0.3, 0.4) is 0 Å². The monoisotopic (exact) mass is 387 g/mol. The van der Waals surface area contributed by atoms with Crippen molar-refractivity contribution in [2.24, 2.45) is 10.4 Å². The van der Waals surface area contributed by atoms with Crippen molar-refractivity contribution in [3.8, 4) is 0 Å². The van der Waals surface area contributed by atoms with Crippen molar-refractivity contribution in [3.05, 3.63) is 35.4 Å². The molecule has 2 rings (SSSR count). The summed E-state index contributed by atoms with van der Waals surface area (Å²) in [6, 6.07) is 7.61. The summed E-state index contributed by atoms with van der Waals surface area (Å²) in [4.78, 5) is 30.4. The zero-order chi connectivity index (χ0) is 20.6. The Morgan fingerprint density at radius 1 is 1.18 bits per heavy atom. The van der Waals surface area contributed by atoms with Crippen LogP contribution in [-0.4, -0.2) is 64.0 Å². The number of hydrogen-bond donors (Lipinski definition) is 3. The molecule has 1 aliphatic carbocycles. The van der Waals surface area contributed by atoms with Crippen LogP contribution >= 0.6 is 0 Å². The number of nitrogens with one attached hydrogen (secondary N) is 3. The lowest BCUT2D eigenvalue weighted by molar-refractivity contribution is -0.138. The minimum absolute atomic E-state index is 0.0836. The maximum absolute atomic E-state index is 12.7. The Kier molecular flexibility index (Phi) is 7.84. The van der Waals surface area contributed by atoms with E-state index in [2.05, 4.69) is 20.9 Å². The summed E-state index contributed by atoms with van der Waals surface area (Å²) >= 11 is 0. The highest BCUT2D eigenvalue weighted by Gasteiger charge is 2.42. The van der Waals surface area contributed by atoms with Gasteiger partial charge in [-0.3, -0.25) is 14.6 Å². The van der Waals surface area contributed by atoms with Crippen LogP contribution in [0.1, 0.15) is 41.6 Å². The first-order valence-electron chi connectivity index (χ1n) is 9.89. The molecule has 1 aliphatic rings. The second-order valence-corrected chi connectivity index (χ2v) is 7.57. The van der Waals surface area contributed by atoms with E-state index in [1.807, 2.05) is 32.3 Å². The van der Waals surface area contributed by atoms with Crippen molar-refractivity contribution in [2.45, 2.75) is 32.1 Å². The van der Waals surface area contributed by atoms with E-state index in [4.69, 9.17) is 0 Å². The van der Waals surface area contributed by atoms with E-state index >= 15 is 0 Å². The van der Waals surface area contributed by atoms with Crippen LogP contribution in [0.25, 0.3) is 0 Å². The van der Waals surface area contributed by atoms with Crippen molar-refractivity contribution >= 4 is 17.8 Å². The molecule has 0 spiro atoms. The lowest BCUT2D eigenvalue weighted by Crippen LogP contribution is -2.49. The Morgan fingerprint density at radius 2 is 1.89 bits per heavy atom. The van der Waals surface area contributed by atoms with Gasteiger partial charge >= 0.3 is 0 Å². The molecule has 0 unspecified atom stereocenters. The van der Waals surface area contributed by atoms with Crippen LogP contribution in [0.15, 0.2) is 29.3 Å². The Morgan fingerprint density at radius 3 is 2.50 bits per heavy atom. The molecule has 1 aromatic carbocycles. The first-order chi connectivity index (χ1) is 13.4. The number of amides is 2. The predicted octanol–water partition coefficient (Wildman–Crippen LogP) is 1.40. The lowest BCUT2D eigenvalue weighted by Gasteiger charge is -2.31. The third kappa shape index (κ3) is 5.47. The van der Waals surface area contributed by atoms with E-state index in [1.165, 1.54) is 0 Å². The maximum atomic E-state index is 12.7. The summed E-state index contributed by atoms with van der Waals surface area (Å²) in [5.41, 5.74) is 1.41. The van der Waals surface area contributed by atoms with Gasteiger partial charge in [0.1, 0.15) is 0 Å². The summed E-state index contributed by atoms with van der Waals surface area (Å²) in [7, 11) is 7.01. The molecule has 1 fully saturated rings. The first kappa shape index (κ1) is 21.7. The Hall–Kier alpha value is -2.57. The maximum Gasteiger partial charge on any atom is 0.251 e. The second-order valence-electron chi connectivity index (χ2n) is 7.57. The summed E-state index contributed by atoms with van der Waals surface area (Å²) in [6.07, 6.45) is 4.79. The standard InChI is InChI=1S/C21H33N5O2/c1-22-18(27)17-9-7-8-16(14-17)10-13-24-20(23-2)25-15-21(11-5-6-12-21)19(28)26(3)4/h7-9,14H,5-6,10-13,15H2,1-4H3,(H,22,27)(H2,23,24,25). The van der Waals surface area contributed by atoms with Gasteiger partial charge in [0.25, 0.3) is 5.91 Å². The van der Waals surface area contributed by atoms with Gasteiger partial charge in [-0.1, -0.05) is 25.0 Å². The van der Waals surface area contributed by atoms with Gasteiger partial charge in [0, 0.05) is 46.8 Å². The van der Waals surface area contributed by atoms with E-state index in [0.717, 1.165) is 37.7 Å². The molecule has 7 heteroatoms. The summed E-state index contributed by atoms with van der Waals surface area (Å²) in [6.45, 7) is 1.28. The van der Waals surface area contributed by atoms with Crippen LogP contribution in [-0.2, 0) is 11.2 Å². The molecule has 0 radical (unpaired) electrons.